The van der Waals surface area contributed by atoms with Crippen LogP contribution in [-0.4, -0.2) is 38.2 Å². The lowest BCUT2D eigenvalue weighted by molar-refractivity contribution is -0.124. The van der Waals surface area contributed by atoms with E-state index in [0.29, 0.717) is 25.3 Å². The van der Waals surface area contributed by atoms with E-state index in [9.17, 15) is 9.59 Å². The van der Waals surface area contributed by atoms with Crippen LogP contribution in [0.15, 0.2) is 24.3 Å². The number of benzene rings is 1. The van der Waals surface area contributed by atoms with Crippen LogP contribution >= 0.6 is 12.4 Å². The van der Waals surface area contributed by atoms with Crippen LogP contribution in [0.5, 0.6) is 0 Å². The standard InChI is InChI=1S/C16H22N2O4.ClH/c1-21-16(20)13-4-2-3-11(9-13)10-18-15(19)14(17)12-5-7-22-8-6-12;/h2-4,9,12,14H,5-8,10,17H2,1H3,(H,18,19);1H. The van der Waals surface area contributed by atoms with Crippen LogP contribution < -0.4 is 11.1 Å². The van der Waals surface area contributed by atoms with Crippen molar-refractivity contribution in [1.82, 2.24) is 5.32 Å². The summed E-state index contributed by atoms with van der Waals surface area (Å²) < 4.78 is 9.95. The van der Waals surface area contributed by atoms with Gasteiger partial charge >= 0.3 is 5.97 Å². The molecular weight excluding hydrogens is 320 g/mol. The van der Waals surface area contributed by atoms with E-state index in [0.717, 1.165) is 18.4 Å². The summed E-state index contributed by atoms with van der Waals surface area (Å²) in [7, 11) is 1.34. The number of carbonyl (C=O) groups is 2. The molecule has 0 radical (unpaired) electrons. The largest absolute Gasteiger partial charge is 0.465 e. The molecule has 1 fully saturated rings. The van der Waals surface area contributed by atoms with Crippen molar-refractivity contribution >= 4 is 24.3 Å². The van der Waals surface area contributed by atoms with Gasteiger partial charge in [-0.15, -0.1) is 12.4 Å². The fourth-order valence-electron chi connectivity index (χ4n) is 2.52. The number of esters is 1. The van der Waals surface area contributed by atoms with Gasteiger partial charge in [-0.1, -0.05) is 12.1 Å². The zero-order valence-corrected chi connectivity index (χ0v) is 13.9. The number of amides is 1. The van der Waals surface area contributed by atoms with Crippen LogP contribution in [0, 0.1) is 5.92 Å². The van der Waals surface area contributed by atoms with Crippen LogP contribution in [0.2, 0.25) is 0 Å². The Balaban J connectivity index is 0.00000264. The van der Waals surface area contributed by atoms with E-state index in [-0.39, 0.29) is 24.2 Å². The maximum atomic E-state index is 12.1. The molecule has 6 nitrogen and oxygen atoms in total. The predicted molar refractivity (Wildman–Crippen MR) is 88.4 cm³/mol. The van der Waals surface area contributed by atoms with Crippen molar-refractivity contribution in [3.63, 3.8) is 0 Å². The van der Waals surface area contributed by atoms with Crippen molar-refractivity contribution in [2.75, 3.05) is 20.3 Å². The minimum absolute atomic E-state index is 0. The number of hydrogen-bond acceptors (Lipinski definition) is 5. The first-order chi connectivity index (χ1) is 10.6. The van der Waals surface area contributed by atoms with Gasteiger partial charge in [0.1, 0.15) is 0 Å². The third-order valence-electron chi connectivity index (χ3n) is 3.89. The van der Waals surface area contributed by atoms with E-state index in [4.69, 9.17) is 10.5 Å². The summed E-state index contributed by atoms with van der Waals surface area (Å²) in [5.41, 5.74) is 7.30. The molecule has 0 spiro atoms. The Labute approximate surface area is 142 Å². The molecule has 1 unspecified atom stereocenters. The van der Waals surface area contributed by atoms with Gasteiger partial charge in [-0.3, -0.25) is 4.79 Å². The molecular formula is C16H23ClN2O4. The molecule has 0 bridgehead atoms. The summed E-state index contributed by atoms with van der Waals surface area (Å²) >= 11 is 0. The van der Waals surface area contributed by atoms with Gasteiger partial charge in [0.15, 0.2) is 0 Å². The highest BCUT2D eigenvalue weighted by Crippen LogP contribution is 2.17. The van der Waals surface area contributed by atoms with Crippen molar-refractivity contribution in [2.45, 2.75) is 25.4 Å². The number of carbonyl (C=O) groups excluding carboxylic acids is 2. The van der Waals surface area contributed by atoms with Gasteiger partial charge in [-0.2, -0.15) is 0 Å². The highest BCUT2D eigenvalue weighted by molar-refractivity contribution is 5.89. The zero-order valence-electron chi connectivity index (χ0n) is 13.1. The van der Waals surface area contributed by atoms with E-state index in [1.165, 1.54) is 7.11 Å². The first-order valence-electron chi connectivity index (χ1n) is 7.40. The monoisotopic (exact) mass is 342 g/mol. The fourth-order valence-corrected chi connectivity index (χ4v) is 2.52. The number of nitrogens with one attached hydrogen (secondary N) is 1. The van der Waals surface area contributed by atoms with E-state index < -0.39 is 12.0 Å². The molecule has 1 atom stereocenters. The molecule has 1 amide bonds. The number of methoxy groups -OCH3 is 1. The van der Waals surface area contributed by atoms with Gasteiger partial charge in [-0.05, 0) is 36.5 Å². The summed E-state index contributed by atoms with van der Waals surface area (Å²) in [6.07, 6.45) is 1.62. The minimum Gasteiger partial charge on any atom is -0.465 e. The van der Waals surface area contributed by atoms with Crippen molar-refractivity contribution in [1.29, 1.82) is 0 Å². The molecule has 0 aliphatic carbocycles. The lowest BCUT2D eigenvalue weighted by Crippen LogP contribution is -2.46. The summed E-state index contributed by atoms with van der Waals surface area (Å²) in [6, 6.07) is 6.45. The Morgan fingerprint density at radius 3 is 2.74 bits per heavy atom. The normalized spacial score (nSPS) is 16.1. The molecule has 0 saturated carbocycles. The number of rotatable bonds is 5. The lowest BCUT2D eigenvalue weighted by atomic mass is 9.92. The van der Waals surface area contributed by atoms with E-state index in [2.05, 4.69) is 10.1 Å². The predicted octanol–water partition coefficient (Wildman–Crippen LogP) is 1.27. The van der Waals surface area contributed by atoms with Crippen molar-refractivity contribution in [2.24, 2.45) is 11.7 Å². The van der Waals surface area contributed by atoms with Crippen LogP contribution in [0.25, 0.3) is 0 Å². The molecule has 1 heterocycles. The second kappa shape index (κ2) is 9.50. The minimum atomic E-state index is -0.521. The van der Waals surface area contributed by atoms with Gasteiger partial charge in [0.25, 0.3) is 0 Å². The van der Waals surface area contributed by atoms with Gasteiger partial charge < -0.3 is 20.5 Å². The second-order valence-corrected chi connectivity index (χ2v) is 5.39. The van der Waals surface area contributed by atoms with E-state index >= 15 is 0 Å². The van der Waals surface area contributed by atoms with E-state index in [1.807, 2.05) is 6.07 Å². The average Bonchev–Trinajstić information content (AvgIpc) is 2.59. The Hall–Kier alpha value is -1.63. The fraction of sp³-hybridized carbons (Fsp3) is 0.500. The lowest BCUT2D eigenvalue weighted by Gasteiger charge is -2.26. The molecule has 1 saturated heterocycles. The highest BCUT2D eigenvalue weighted by Gasteiger charge is 2.26. The van der Waals surface area contributed by atoms with Crippen molar-refractivity contribution in [3.05, 3.63) is 35.4 Å². The maximum absolute atomic E-state index is 12.1. The van der Waals surface area contributed by atoms with Crippen LogP contribution in [0.4, 0.5) is 0 Å². The van der Waals surface area contributed by atoms with E-state index in [1.54, 1.807) is 18.2 Å². The first-order valence-corrected chi connectivity index (χ1v) is 7.40. The molecule has 0 aromatic heterocycles. The van der Waals surface area contributed by atoms with Crippen molar-refractivity contribution in [3.8, 4) is 0 Å². The maximum Gasteiger partial charge on any atom is 0.337 e. The van der Waals surface area contributed by atoms with Crippen LogP contribution in [0.3, 0.4) is 0 Å². The Bertz CT molecular complexity index is 533. The Morgan fingerprint density at radius 2 is 2.09 bits per heavy atom. The van der Waals surface area contributed by atoms with Crippen LogP contribution in [-0.2, 0) is 20.8 Å². The third kappa shape index (κ3) is 5.49. The number of nitrogens with two attached hydrogens (primary N) is 1. The quantitative estimate of drug-likeness (QED) is 0.786. The van der Waals surface area contributed by atoms with Gasteiger partial charge in [0.2, 0.25) is 5.91 Å². The summed E-state index contributed by atoms with van der Waals surface area (Å²) in [4.78, 5) is 23.6. The van der Waals surface area contributed by atoms with Crippen LogP contribution in [0.1, 0.15) is 28.8 Å². The topological polar surface area (TPSA) is 90.7 Å². The summed E-state index contributed by atoms with van der Waals surface area (Å²) in [5.74, 6) is -0.405. The molecule has 2 rings (SSSR count). The number of ether oxygens (including phenoxy) is 2. The number of hydrogen-bond donors (Lipinski definition) is 2. The molecule has 1 aromatic rings. The SMILES string of the molecule is COC(=O)c1cccc(CNC(=O)C(N)C2CCOCC2)c1.Cl. The molecule has 128 valence electrons. The Kier molecular flexibility index (Phi) is 8.02. The summed E-state index contributed by atoms with van der Waals surface area (Å²) in [6.45, 7) is 1.65. The second-order valence-electron chi connectivity index (χ2n) is 5.39. The highest BCUT2D eigenvalue weighted by atomic mass is 35.5. The third-order valence-corrected chi connectivity index (χ3v) is 3.89. The molecule has 1 aliphatic heterocycles. The molecule has 7 heteroatoms. The molecule has 23 heavy (non-hydrogen) atoms. The van der Waals surface area contributed by atoms with Gasteiger partial charge in [-0.25, -0.2) is 4.79 Å². The zero-order chi connectivity index (χ0) is 15.9. The van der Waals surface area contributed by atoms with Crippen molar-refractivity contribution < 1.29 is 19.1 Å². The smallest absolute Gasteiger partial charge is 0.337 e. The average molecular weight is 343 g/mol. The van der Waals surface area contributed by atoms with Gasteiger partial charge in [0, 0.05) is 19.8 Å². The van der Waals surface area contributed by atoms with Gasteiger partial charge in [0.05, 0.1) is 18.7 Å². The Morgan fingerprint density at radius 1 is 1.39 bits per heavy atom. The number of halogens is 1. The molecule has 1 aromatic carbocycles. The molecule has 1 aliphatic rings. The first kappa shape index (κ1) is 19.4. The summed E-state index contributed by atoms with van der Waals surface area (Å²) in [5, 5.41) is 2.82. The molecule has 3 N–H and O–H groups in total.